The van der Waals surface area contributed by atoms with Crippen molar-refractivity contribution in [2.45, 2.75) is 26.4 Å². The zero-order valence-electron chi connectivity index (χ0n) is 12.1. The van der Waals surface area contributed by atoms with Crippen LogP contribution in [0.2, 0.25) is 0 Å². The standard InChI is InChI=1S/C18H17NO2/c1-11(2)19-10-12-7-8-15-16(9-12)18(21)14-6-4-3-5-13(14)17(15)20/h3-9,11,19H,10H2,1-2H3. The number of hydrogen-bond acceptors (Lipinski definition) is 3. The average molecular weight is 279 g/mol. The lowest BCUT2D eigenvalue weighted by molar-refractivity contribution is 0.0979. The van der Waals surface area contributed by atoms with Crippen LogP contribution in [0.5, 0.6) is 0 Å². The average Bonchev–Trinajstić information content (AvgIpc) is 2.50. The van der Waals surface area contributed by atoms with Crippen LogP contribution < -0.4 is 5.32 Å². The number of carbonyl (C=O) groups is 2. The number of nitrogens with one attached hydrogen (secondary N) is 1. The molecule has 0 saturated heterocycles. The monoisotopic (exact) mass is 279 g/mol. The number of carbonyl (C=O) groups excluding carboxylic acids is 2. The van der Waals surface area contributed by atoms with Crippen molar-refractivity contribution in [1.82, 2.24) is 5.32 Å². The van der Waals surface area contributed by atoms with Gasteiger partial charge < -0.3 is 5.32 Å². The Labute approximate surface area is 124 Å². The van der Waals surface area contributed by atoms with Gasteiger partial charge in [-0.05, 0) is 17.7 Å². The first-order valence-corrected chi connectivity index (χ1v) is 7.12. The Hall–Kier alpha value is -2.26. The molecule has 0 aromatic heterocycles. The fraction of sp³-hybridized carbons (Fsp3) is 0.222. The Morgan fingerprint density at radius 1 is 0.857 bits per heavy atom. The molecule has 0 radical (unpaired) electrons. The van der Waals surface area contributed by atoms with Crippen molar-refractivity contribution in [1.29, 1.82) is 0 Å². The molecule has 0 saturated carbocycles. The second-order valence-electron chi connectivity index (χ2n) is 5.62. The second kappa shape index (κ2) is 5.26. The molecule has 0 fully saturated rings. The molecule has 0 heterocycles. The van der Waals surface area contributed by atoms with Crippen molar-refractivity contribution >= 4 is 11.6 Å². The fourth-order valence-corrected chi connectivity index (χ4v) is 2.58. The molecule has 2 aromatic carbocycles. The summed E-state index contributed by atoms with van der Waals surface area (Å²) in [6.45, 7) is 4.83. The predicted molar refractivity (Wildman–Crippen MR) is 81.7 cm³/mol. The zero-order chi connectivity index (χ0) is 15.0. The summed E-state index contributed by atoms with van der Waals surface area (Å²) >= 11 is 0. The van der Waals surface area contributed by atoms with Crippen LogP contribution in [0.25, 0.3) is 0 Å². The highest BCUT2D eigenvalue weighted by molar-refractivity contribution is 6.28. The molecule has 3 heteroatoms. The van der Waals surface area contributed by atoms with Gasteiger partial charge in [-0.3, -0.25) is 9.59 Å². The molecule has 0 unspecified atom stereocenters. The van der Waals surface area contributed by atoms with Crippen molar-refractivity contribution in [2.24, 2.45) is 0 Å². The molecule has 0 bridgehead atoms. The van der Waals surface area contributed by atoms with Crippen molar-refractivity contribution in [3.63, 3.8) is 0 Å². The van der Waals surface area contributed by atoms with E-state index < -0.39 is 0 Å². The molecule has 0 spiro atoms. The Morgan fingerprint density at radius 3 is 2.05 bits per heavy atom. The van der Waals surface area contributed by atoms with Gasteiger partial charge in [-0.15, -0.1) is 0 Å². The summed E-state index contributed by atoms with van der Waals surface area (Å²) in [5.74, 6) is -0.129. The Kier molecular flexibility index (Phi) is 3.43. The summed E-state index contributed by atoms with van der Waals surface area (Å²) in [6, 6.07) is 12.9. The van der Waals surface area contributed by atoms with Crippen LogP contribution in [-0.2, 0) is 6.54 Å². The van der Waals surface area contributed by atoms with E-state index in [0.29, 0.717) is 34.8 Å². The Bertz CT molecular complexity index is 732. The minimum absolute atomic E-state index is 0.0633. The van der Waals surface area contributed by atoms with Gasteiger partial charge in [0.25, 0.3) is 0 Å². The van der Waals surface area contributed by atoms with E-state index in [1.165, 1.54) is 0 Å². The lowest BCUT2D eigenvalue weighted by Crippen LogP contribution is -2.24. The lowest BCUT2D eigenvalue weighted by Gasteiger charge is -2.18. The molecule has 1 aliphatic carbocycles. The highest BCUT2D eigenvalue weighted by Crippen LogP contribution is 2.27. The molecular weight excluding hydrogens is 262 g/mol. The summed E-state index contributed by atoms with van der Waals surface area (Å²) in [5, 5.41) is 3.32. The van der Waals surface area contributed by atoms with E-state index >= 15 is 0 Å². The SMILES string of the molecule is CC(C)NCc1ccc2c(c1)C(=O)c1ccccc1C2=O. The van der Waals surface area contributed by atoms with Gasteiger partial charge in [0.1, 0.15) is 0 Å². The number of fused-ring (bicyclic) bond motifs is 2. The van der Waals surface area contributed by atoms with E-state index in [-0.39, 0.29) is 11.6 Å². The molecule has 1 aliphatic rings. The maximum absolute atomic E-state index is 12.6. The third-order valence-corrected chi connectivity index (χ3v) is 3.70. The van der Waals surface area contributed by atoms with E-state index in [9.17, 15) is 9.59 Å². The van der Waals surface area contributed by atoms with Gasteiger partial charge in [0.15, 0.2) is 11.6 Å². The first kappa shape index (κ1) is 13.7. The second-order valence-corrected chi connectivity index (χ2v) is 5.62. The summed E-state index contributed by atoms with van der Waals surface area (Å²) in [4.78, 5) is 25.0. The van der Waals surface area contributed by atoms with Crippen molar-refractivity contribution < 1.29 is 9.59 Å². The van der Waals surface area contributed by atoms with Gasteiger partial charge in [-0.2, -0.15) is 0 Å². The molecule has 106 valence electrons. The minimum atomic E-state index is -0.0661. The molecular formula is C18H17NO2. The van der Waals surface area contributed by atoms with Crippen LogP contribution in [0.15, 0.2) is 42.5 Å². The molecule has 0 atom stereocenters. The van der Waals surface area contributed by atoms with Crippen LogP contribution >= 0.6 is 0 Å². The van der Waals surface area contributed by atoms with E-state index in [0.717, 1.165) is 5.56 Å². The molecule has 1 N–H and O–H groups in total. The largest absolute Gasteiger partial charge is 0.310 e. The smallest absolute Gasteiger partial charge is 0.194 e. The summed E-state index contributed by atoms with van der Waals surface area (Å²) < 4.78 is 0. The third kappa shape index (κ3) is 2.41. The van der Waals surface area contributed by atoms with Crippen LogP contribution in [-0.4, -0.2) is 17.6 Å². The maximum atomic E-state index is 12.6. The van der Waals surface area contributed by atoms with Crippen molar-refractivity contribution in [2.75, 3.05) is 0 Å². The molecule has 2 aromatic rings. The Morgan fingerprint density at radius 2 is 1.43 bits per heavy atom. The van der Waals surface area contributed by atoms with Gasteiger partial charge in [0.2, 0.25) is 0 Å². The van der Waals surface area contributed by atoms with Crippen LogP contribution in [0.4, 0.5) is 0 Å². The number of benzene rings is 2. The number of rotatable bonds is 3. The number of ketones is 2. The predicted octanol–water partition coefficient (Wildman–Crippen LogP) is 2.96. The lowest BCUT2D eigenvalue weighted by atomic mass is 9.83. The highest BCUT2D eigenvalue weighted by Gasteiger charge is 2.29. The third-order valence-electron chi connectivity index (χ3n) is 3.70. The van der Waals surface area contributed by atoms with Crippen LogP contribution in [0, 0.1) is 0 Å². The zero-order valence-corrected chi connectivity index (χ0v) is 12.1. The number of hydrogen-bond donors (Lipinski definition) is 1. The van der Waals surface area contributed by atoms with E-state index in [2.05, 4.69) is 19.2 Å². The van der Waals surface area contributed by atoms with Gasteiger partial charge in [0.05, 0.1) is 0 Å². The first-order valence-electron chi connectivity index (χ1n) is 7.12. The highest BCUT2D eigenvalue weighted by atomic mass is 16.1. The quantitative estimate of drug-likeness (QED) is 0.801. The molecule has 0 amide bonds. The summed E-state index contributed by atoms with van der Waals surface area (Å²) in [7, 11) is 0. The normalized spacial score (nSPS) is 13.3. The molecule has 21 heavy (non-hydrogen) atoms. The Balaban J connectivity index is 2.02. The van der Waals surface area contributed by atoms with Crippen LogP contribution in [0.3, 0.4) is 0 Å². The molecule has 0 aliphatic heterocycles. The van der Waals surface area contributed by atoms with E-state index in [1.54, 1.807) is 30.3 Å². The van der Waals surface area contributed by atoms with Crippen molar-refractivity contribution in [3.05, 3.63) is 70.3 Å². The van der Waals surface area contributed by atoms with Crippen LogP contribution in [0.1, 0.15) is 51.3 Å². The van der Waals surface area contributed by atoms with Gasteiger partial charge in [-0.1, -0.05) is 44.2 Å². The molecule has 3 nitrogen and oxygen atoms in total. The van der Waals surface area contributed by atoms with Crippen molar-refractivity contribution in [3.8, 4) is 0 Å². The van der Waals surface area contributed by atoms with Gasteiger partial charge >= 0.3 is 0 Å². The minimum Gasteiger partial charge on any atom is -0.310 e. The van der Waals surface area contributed by atoms with E-state index in [4.69, 9.17) is 0 Å². The fourth-order valence-electron chi connectivity index (χ4n) is 2.58. The topological polar surface area (TPSA) is 46.2 Å². The first-order chi connectivity index (χ1) is 10.1. The summed E-state index contributed by atoms with van der Waals surface area (Å²) in [5.41, 5.74) is 3.05. The van der Waals surface area contributed by atoms with Gasteiger partial charge in [-0.25, -0.2) is 0 Å². The van der Waals surface area contributed by atoms with E-state index in [1.807, 2.05) is 12.1 Å². The maximum Gasteiger partial charge on any atom is 0.194 e. The molecule has 3 rings (SSSR count). The summed E-state index contributed by atoms with van der Waals surface area (Å²) in [6.07, 6.45) is 0. The van der Waals surface area contributed by atoms with Gasteiger partial charge in [0, 0.05) is 34.8 Å².